The van der Waals surface area contributed by atoms with E-state index in [2.05, 4.69) is 21.2 Å². The molecule has 1 aromatic carbocycles. The van der Waals surface area contributed by atoms with Gasteiger partial charge in [0.2, 0.25) is 0 Å². The van der Waals surface area contributed by atoms with Gasteiger partial charge in [-0.3, -0.25) is 4.79 Å². The Morgan fingerprint density at radius 1 is 1.19 bits per heavy atom. The number of hydrogen-bond acceptors (Lipinski definition) is 4. The van der Waals surface area contributed by atoms with Crippen LogP contribution in [0.3, 0.4) is 0 Å². The number of nitrogens with one attached hydrogen (secondary N) is 1. The molecular weight excluding hydrogens is 338 g/mol. The molecule has 2 aliphatic heterocycles. The molecule has 1 fully saturated rings. The lowest BCUT2D eigenvalue weighted by Crippen LogP contribution is -2.53. The van der Waals surface area contributed by atoms with E-state index >= 15 is 0 Å². The molecule has 6 heteroatoms. The minimum absolute atomic E-state index is 0.126. The zero-order chi connectivity index (χ0) is 14.7. The number of ether oxygens (including phenoxy) is 3. The Kier molecular flexibility index (Phi) is 4.35. The summed E-state index contributed by atoms with van der Waals surface area (Å²) >= 11 is 3.52. The van der Waals surface area contributed by atoms with Crippen LogP contribution in [-0.2, 0) is 4.74 Å². The van der Waals surface area contributed by atoms with Crippen LogP contribution in [0.1, 0.15) is 23.2 Å². The van der Waals surface area contributed by atoms with Gasteiger partial charge in [0.1, 0.15) is 13.2 Å². The standard InChI is InChI=1S/C15H18BrNO4/c16-10-15(4-6-19-7-5-15)17-14(18)11-2-1-3-12-13(11)21-9-8-20-12/h1-3H,4-10H2,(H,17,18). The summed E-state index contributed by atoms with van der Waals surface area (Å²) in [5.74, 6) is 1.05. The zero-order valence-electron chi connectivity index (χ0n) is 11.7. The van der Waals surface area contributed by atoms with Crippen LogP contribution in [0, 0.1) is 0 Å². The zero-order valence-corrected chi connectivity index (χ0v) is 13.3. The molecule has 0 unspecified atom stereocenters. The van der Waals surface area contributed by atoms with E-state index in [9.17, 15) is 4.79 Å². The van der Waals surface area contributed by atoms with Gasteiger partial charge in [-0.05, 0) is 25.0 Å². The monoisotopic (exact) mass is 355 g/mol. The summed E-state index contributed by atoms with van der Waals surface area (Å²) in [5, 5.41) is 3.86. The van der Waals surface area contributed by atoms with Gasteiger partial charge in [-0.25, -0.2) is 0 Å². The third-order valence-electron chi connectivity index (χ3n) is 3.90. The summed E-state index contributed by atoms with van der Waals surface area (Å²) in [6, 6.07) is 5.40. The number of rotatable bonds is 3. The first-order valence-electron chi connectivity index (χ1n) is 7.09. The summed E-state index contributed by atoms with van der Waals surface area (Å²) < 4.78 is 16.5. The van der Waals surface area contributed by atoms with Crippen LogP contribution in [0.2, 0.25) is 0 Å². The fraction of sp³-hybridized carbons (Fsp3) is 0.533. The largest absolute Gasteiger partial charge is 0.486 e. The fourth-order valence-corrected chi connectivity index (χ4v) is 3.32. The number of alkyl halides is 1. The van der Waals surface area contributed by atoms with E-state index in [1.807, 2.05) is 12.1 Å². The van der Waals surface area contributed by atoms with Gasteiger partial charge >= 0.3 is 0 Å². The van der Waals surface area contributed by atoms with Crippen molar-refractivity contribution in [2.45, 2.75) is 18.4 Å². The van der Waals surface area contributed by atoms with E-state index in [4.69, 9.17) is 14.2 Å². The molecule has 1 saturated heterocycles. The van der Waals surface area contributed by atoms with Gasteiger partial charge in [0.05, 0.1) is 11.1 Å². The van der Waals surface area contributed by atoms with Gasteiger partial charge < -0.3 is 19.5 Å². The van der Waals surface area contributed by atoms with Crippen LogP contribution in [0.15, 0.2) is 18.2 Å². The molecule has 0 aliphatic carbocycles. The quantitative estimate of drug-likeness (QED) is 0.844. The Balaban J connectivity index is 1.82. The highest BCUT2D eigenvalue weighted by molar-refractivity contribution is 9.09. The molecule has 0 spiro atoms. The lowest BCUT2D eigenvalue weighted by atomic mass is 9.92. The number of para-hydroxylation sites is 1. The maximum absolute atomic E-state index is 12.6. The predicted molar refractivity (Wildman–Crippen MR) is 81.5 cm³/mol. The van der Waals surface area contributed by atoms with E-state index in [0.717, 1.165) is 12.8 Å². The molecule has 1 N–H and O–H groups in total. The highest BCUT2D eigenvalue weighted by Crippen LogP contribution is 2.34. The maximum atomic E-state index is 12.6. The number of carbonyl (C=O) groups is 1. The first-order chi connectivity index (χ1) is 10.2. The van der Waals surface area contributed by atoms with Crippen molar-refractivity contribution in [1.29, 1.82) is 0 Å². The van der Waals surface area contributed by atoms with Crippen LogP contribution in [0.5, 0.6) is 11.5 Å². The molecule has 3 rings (SSSR count). The van der Waals surface area contributed by atoms with Crippen molar-refractivity contribution in [3.63, 3.8) is 0 Å². The predicted octanol–water partition coefficient (Wildman–Crippen LogP) is 2.13. The molecule has 21 heavy (non-hydrogen) atoms. The highest BCUT2D eigenvalue weighted by Gasteiger charge is 2.34. The highest BCUT2D eigenvalue weighted by atomic mass is 79.9. The van der Waals surface area contributed by atoms with Crippen molar-refractivity contribution < 1.29 is 19.0 Å². The van der Waals surface area contributed by atoms with Gasteiger partial charge in [-0.2, -0.15) is 0 Å². The number of carbonyl (C=O) groups excluding carboxylic acids is 1. The van der Waals surface area contributed by atoms with Crippen LogP contribution >= 0.6 is 15.9 Å². The summed E-state index contributed by atoms with van der Waals surface area (Å²) in [6.45, 7) is 2.31. The second kappa shape index (κ2) is 6.23. The van der Waals surface area contributed by atoms with E-state index in [1.165, 1.54) is 0 Å². The topological polar surface area (TPSA) is 56.8 Å². The number of fused-ring (bicyclic) bond motifs is 1. The number of hydrogen-bond donors (Lipinski definition) is 1. The lowest BCUT2D eigenvalue weighted by molar-refractivity contribution is 0.0440. The van der Waals surface area contributed by atoms with Crippen LogP contribution in [0.25, 0.3) is 0 Å². The van der Waals surface area contributed by atoms with E-state index in [1.54, 1.807) is 6.07 Å². The summed E-state index contributed by atoms with van der Waals surface area (Å²) in [4.78, 5) is 12.6. The molecular formula is C15H18BrNO4. The van der Waals surface area contributed by atoms with E-state index in [0.29, 0.717) is 48.8 Å². The Labute approximate surface area is 132 Å². The molecule has 114 valence electrons. The molecule has 0 atom stereocenters. The lowest BCUT2D eigenvalue weighted by Gasteiger charge is -2.36. The Morgan fingerprint density at radius 2 is 1.95 bits per heavy atom. The Morgan fingerprint density at radius 3 is 2.71 bits per heavy atom. The Bertz CT molecular complexity index is 528. The first kappa shape index (κ1) is 14.7. The smallest absolute Gasteiger partial charge is 0.255 e. The minimum atomic E-state index is -0.256. The molecule has 1 amide bonds. The summed E-state index contributed by atoms with van der Waals surface area (Å²) in [7, 11) is 0. The minimum Gasteiger partial charge on any atom is -0.486 e. The molecule has 0 bridgehead atoms. The second-order valence-electron chi connectivity index (χ2n) is 5.31. The van der Waals surface area contributed by atoms with Crippen LogP contribution < -0.4 is 14.8 Å². The molecule has 2 heterocycles. The van der Waals surface area contributed by atoms with Crippen molar-refractivity contribution in [2.75, 3.05) is 31.8 Å². The molecule has 1 aromatic rings. The molecule has 0 aromatic heterocycles. The average molecular weight is 356 g/mol. The van der Waals surface area contributed by atoms with Gasteiger partial charge in [-0.1, -0.05) is 22.0 Å². The maximum Gasteiger partial charge on any atom is 0.255 e. The van der Waals surface area contributed by atoms with Crippen molar-refractivity contribution in [2.24, 2.45) is 0 Å². The van der Waals surface area contributed by atoms with Gasteiger partial charge in [0.25, 0.3) is 5.91 Å². The van der Waals surface area contributed by atoms with Crippen LogP contribution in [0.4, 0.5) is 0 Å². The third-order valence-corrected chi connectivity index (χ3v) is 4.97. The second-order valence-corrected chi connectivity index (χ2v) is 5.87. The van der Waals surface area contributed by atoms with Crippen molar-refractivity contribution in [1.82, 2.24) is 5.32 Å². The molecule has 5 nitrogen and oxygen atoms in total. The SMILES string of the molecule is O=C(NC1(CBr)CCOCC1)c1cccc2c1OCCO2. The van der Waals surface area contributed by atoms with Crippen molar-refractivity contribution in [3.05, 3.63) is 23.8 Å². The van der Waals surface area contributed by atoms with E-state index in [-0.39, 0.29) is 11.4 Å². The fourth-order valence-electron chi connectivity index (χ4n) is 2.61. The first-order valence-corrected chi connectivity index (χ1v) is 8.21. The van der Waals surface area contributed by atoms with Crippen molar-refractivity contribution in [3.8, 4) is 11.5 Å². The van der Waals surface area contributed by atoms with Gasteiger partial charge in [0.15, 0.2) is 11.5 Å². The number of amides is 1. The number of halogens is 1. The summed E-state index contributed by atoms with van der Waals surface area (Å²) in [6.07, 6.45) is 1.60. The normalized spacial score (nSPS) is 19.9. The van der Waals surface area contributed by atoms with Crippen LogP contribution in [-0.4, -0.2) is 43.2 Å². The molecule has 0 radical (unpaired) electrons. The molecule has 0 saturated carbocycles. The van der Waals surface area contributed by atoms with Gasteiger partial charge in [-0.15, -0.1) is 0 Å². The number of benzene rings is 1. The van der Waals surface area contributed by atoms with Gasteiger partial charge in [0, 0.05) is 18.5 Å². The van der Waals surface area contributed by atoms with E-state index < -0.39 is 0 Å². The summed E-state index contributed by atoms with van der Waals surface area (Å²) in [5.41, 5.74) is 0.271. The van der Waals surface area contributed by atoms with Crippen molar-refractivity contribution >= 4 is 21.8 Å². The average Bonchev–Trinajstić information content (AvgIpc) is 2.55. The molecule has 2 aliphatic rings. The Hall–Kier alpha value is -1.27. The third kappa shape index (κ3) is 3.01.